The lowest BCUT2D eigenvalue weighted by molar-refractivity contribution is -0.213. The van der Waals surface area contributed by atoms with Gasteiger partial charge in [0.05, 0.1) is 38.2 Å². The van der Waals surface area contributed by atoms with Crippen LogP contribution in [-0.4, -0.2) is 39.5 Å². The molecule has 1 saturated heterocycles. The van der Waals surface area contributed by atoms with Gasteiger partial charge in [0.1, 0.15) is 0 Å². The Morgan fingerprint density at radius 2 is 2.17 bits per heavy atom. The van der Waals surface area contributed by atoms with Crippen molar-refractivity contribution in [3.63, 3.8) is 0 Å². The van der Waals surface area contributed by atoms with Crippen molar-refractivity contribution in [3.05, 3.63) is 34.2 Å². The molecular weight excluding hydrogens is 374 g/mol. The van der Waals surface area contributed by atoms with Crippen LogP contribution in [0.2, 0.25) is 0 Å². The molecular formula is C16H20BrN5O2. The van der Waals surface area contributed by atoms with Gasteiger partial charge in [0.15, 0.2) is 12.1 Å². The van der Waals surface area contributed by atoms with Gasteiger partial charge in [0, 0.05) is 16.1 Å². The van der Waals surface area contributed by atoms with E-state index in [0.717, 1.165) is 28.9 Å². The number of pyridine rings is 1. The van der Waals surface area contributed by atoms with Crippen LogP contribution in [0.25, 0.3) is 0 Å². The third-order valence-electron chi connectivity index (χ3n) is 4.57. The Morgan fingerprint density at radius 3 is 2.88 bits per heavy atom. The molecule has 0 unspecified atom stereocenters. The van der Waals surface area contributed by atoms with Gasteiger partial charge in [-0.3, -0.25) is 4.98 Å². The Balaban J connectivity index is 1.30. The summed E-state index contributed by atoms with van der Waals surface area (Å²) in [4.78, 5) is 4.41. The fraction of sp³-hybridized carbons (Fsp3) is 0.562. The Labute approximate surface area is 148 Å². The number of nitrogens with one attached hydrogen (secondary N) is 1. The maximum absolute atomic E-state index is 5.78. The molecule has 128 valence electrons. The monoisotopic (exact) mass is 393 g/mol. The molecule has 2 fully saturated rings. The molecule has 1 aliphatic heterocycles. The van der Waals surface area contributed by atoms with Gasteiger partial charge in [-0.05, 0) is 47.3 Å². The van der Waals surface area contributed by atoms with Crippen LogP contribution in [0.3, 0.4) is 0 Å². The van der Waals surface area contributed by atoms with Crippen molar-refractivity contribution in [2.24, 2.45) is 5.41 Å². The molecule has 2 aromatic rings. The highest BCUT2D eigenvalue weighted by Gasteiger charge is 2.46. The summed E-state index contributed by atoms with van der Waals surface area (Å²) >= 11 is 3.42. The molecule has 7 nitrogen and oxygen atoms in total. The van der Waals surface area contributed by atoms with E-state index in [1.165, 1.54) is 12.8 Å². The van der Waals surface area contributed by atoms with Gasteiger partial charge in [0.2, 0.25) is 0 Å². The average Bonchev–Trinajstić information content (AvgIpc) is 3.17. The standard InChI is InChI=1S/C16H20BrN5O2/c1-11-4-12(17)5-18-13(11)6-19-14-7-22(21-20-14)8-15-23-9-16(2-3-16)10-24-15/h4-5,7,15,19H,2-3,6,8-10H2,1H3. The quantitative estimate of drug-likeness (QED) is 0.840. The van der Waals surface area contributed by atoms with E-state index >= 15 is 0 Å². The highest BCUT2D eigenvalue weighted by atomic mass is 79.9. The molecule has 0 aromatic carbocycles. The molecule has 0 amide bonds. The molecule has 0 atom stereocenters. The summed E-state index contributed by atoms with van der Waals surface area (Å²) in [5.41, 5.74) is 2.44. The first-order chi connectivity index (χ1) is 11.6. The number of rotatable bonds is 5. The second-order valence-corrected chi connectivity index (χ2v) is 7.56. The third-order valence-corrected chi connectivity index (χ3v) is 5.01. The molecule has 2 aromatic heterocycles. The number of ether oxygens (including phenoxy) is 2. The zero-order chi connectivity index (χ0) is 16.6. The van der Waals surface area contributed by atoms with Crippen LogP contribution >= 0.6 is 15.9 Å². The van der Waals surface area contributed by atoms with Crippen molar-refractivity contribution in [3.8, 4) is 0 Å². The number of anilines is 1. The highest BCUT2D eigenvalue weighted by molar-refractivity contribution is 9.10. The maximum atomic E-state index is 5.78. The van der Waals surface area contributed by atoms with E-state index in [9.17, 15) is 0 Å². The molecule has 4 rings (SSSR count). The van der Waals surface area contributed by atoms with Crippen molar-refractivity contribution in [1.82, 2.24) is 20.0 Å². The summed E-state index contributed by atoms with van der Waals surface area (Å²) in [6.45, 7) is 4.80. The molecule has 3 heterocycles. The van der Waals surface area contributed by atoms with Crippen LogP contribution in [0.15, 0.2) is 22.9 Å². The number of hydrogen-bond donors (Lipinski definition) is 1. The molecule has 2 aliphatic rings. The van der Waals surface area contributed by atoms with Crippen LogP contribution in [0, 0.1) is 12.3 Å². The largest absolute Gasteiger partial charge is 0.362 e. The van der Waals surface area contributed by atoms with Crippen LogP contribution in [0.4, 0.5) is 5.82 Å². The van der Waals surface area contributed by atoms with Crippen LogP contribution in [-0.2, 0) is 22.6 Å². The number of hydrogen-bond acceptors (Lipinski definition) is 6. The second-order valence-electron chi connectivity index (χ2n) is 6.65. The zero-order valence-corrected chi connectivity index (χ0v) is 15.1. The topological polar surface area (TPSA) is 74.1 Å². The minimum atomic E-state index is -0.235. The first-order valence-electron chi connectivity index (χ1n) is 8.10. The fourth-order valence-electron chi connectivity index (χ4n) is 2.75. The van der Waals surface area contributed by atoms with E-state index in [1.54, 1.807) is 10.9 Å². The van der Waals surface area contributed by atoms with Gasteiger partial charge >= 0.3 is 0 Å². The summed E-state index contributed by atoms with van der Waals surface area (Å²) in [5.74, 6) is 0.716. The van der Waals surface area contributed by atoms with E-state index in [4.69, 9.17) is 9.47 Å². The summed E-state index contributed by atoms with van der Waals surface area (Å²) in [5, 5.41) is 11.5. The summed E-state index contributed by atoms with van der Waals surface area (Å²) in [6.07, 6.45) is 5.87. The summed E-state index contributed by atoms with van der Waals surface area (Å²) < 4.78 is 14.3. The lowest BCUT2D eigenvalue weighted by Gasteiger charge is -2.29. The van der Waals surface area contributed by atoms with Gasteiger partial charge in [-0.15, -0.1) is 5.10 Å². The molecule has 24 heavy (non-hydrogen) atoms. The third kappa shape index (κ3) is 3.60. The molecule has 0 radical (unpaired) electrons. The van der Waals surface area contributed by atoms with E-state index in [1.807, 2.05) is 19.2 Å². The number of nitrogens with zero attached hydrogens (tertiary/aromatic N) is 4. The fourth-order valence-corrected chi connectivity index (χ4v) is 3.20. The van der Waals surface area contributed by atoms with Crippen molar-refractivity contribution in [1.29, 1.82) is 0 Å². The lowest BCUT2D eigenvalue weighted by atomic mass is 10.1. The van der Waals surface area contributed by atoms with E-state index in [-0.39, 0.29) is 6.29 Å². The normalized spacial score (nSPS) is 19.6. The van der Waals surface area contributed by atoms with Gasteiger partial charge < -0.3 is 14.8 Å². The zero-order valence-electron chi connectivity index (χ0n) is 13.5. The number of aromatic nitrogens is 4. The van der Waals surface area contributed by atoms with Gasteiger partial charge in [-0.25, -0.2) is 4.68 Å². The van der Waals surface area contributed by atoms with Crippen molar-refractivity contribution in [2.75, 3.05) is 18.5 Å². The Bertz CT molecular complexity index is 721. The van der Waals surface area contributed by atoms with Gasteiger partial charge in [-0.2, -0.15) is 0 Å². The molecule has 1 spiro atoms. The predicted molar refractivity (Wildman–Crippen MR) is 91.4 cm³/mol. The molecule has 1 aliphatic carbocycles. The van der Waals surface area contributed by atoms with Crippen molar-refractivity contribution < 1.29 is 9.47 Å². The molecule has 8 heteroatoms. The number of aryl methyl sites for hydroxylation is 1. The molecule has 1 N–H and O–H groups in total. The van der Waals surface area contributed by atoms with Crippen LogP contribution in [0.5, 0.6) is 0 Å². The van der Waals surface area contributed by atoms with E-state index in [0.29, 0.717) is 24.3 Å². The van der Waals surface area contributed by atoms with E-state index in [2.05, 4.69) is 36.5 Å². The lowest BCUT2D eigenvalue weighted by Crippen LogP contribution is -2.36. The first kappa shape index (κ1) is 16.0. The van der Waals surface area contributed by atoms with Gasteiger partial charge in [-0.1, -0.05) is 5.21 Å². The van der Waals surface area contributed by atoms with E-state index < -0.39 is 0 Å². The van der Waals surface area contributed by atoms with Crippen LogP contribution in [0.1, 0.15) is 24.1 Å². The number of halogens is 1. The summed E-state index contributed by atoms with van der Waals surface area (Å²) in [7, 11) is 0. The average molecular weight is 394 g/mol. The van der Waals surface area contributed by atoms with Gasteiger partial charge in [0.25, 0.3) is 0 Å². The van der Waals surface area contributed by atoms with Crippen molar-refractivity contribution >= 4 is 21.7 Å². The Morgan fingerprint density at radius 1 is 1.38 bits per heavy atom. The highest BCUT2D eigenvalue weighted by Crippen LogP contribution is 2.48. The molecule has 1 saturated carbocycles. The van der Waals surface area contributed by atoms with Crippen molar-refractivity contribution in [2.45, 2.75) is 39.1 Å². The molecule has 0 bridgehead atoms. The van der Waals surface area contributed by atoms with Crippen LogP contribution < -0.4 is 5.32 Å². The minimum absolute atomic E-state index is 0.235. The predicted octanol–water partition coefficient (Wildman–Crippen LogP) is 2.51. The Hall–Kier alpha value is -1.51. The second kappa shape index (κ2) is 6.42. The SMILES string of the molecule is Cc1cc(Br)cnc1CNc1cn(CC2OCC3(CC3)CO2)nn1. The first-order valence-corrected chi connectivity index (χ1v) is 8.89. The minimum Gasteiger partial charge on any atom is -0.362 e. The summed E-state index contributed by atoms with van der Waals surface area (Å²) in [6, 6.07) is 2.05. The smallest absolute Gasteiger partial charge is 0.177 e. The Kier molecular flexibility index (Phi) is 4.28. The maximum Gasteiger partial charge on any atom is 0.177 e.